The Balaban J connectivity index is 1.79. The number of hydrogen-bond donors (Lipinski definition) is 1. The number of aromatic nitrogens is 2. The molecule has 2 rings (SSSR count). The number of fused-ring (bicyclic) bond motifs is 1. The third-order valence-electron chi connectivity index (χ3n) is 3.18. The zero-order valence-corrected chi connectivity index (χ0v) is 12.9. The van der Waals surface area contributed by atoms with Gasteiger partial charge in [-0.1, -0.05) is 17.7 Å². The Hall–Kier alpha value is -1.59. The van der Waals surface area contributed by atoms with E-state index >= 15 is 0 Å². The highest BCUT2D eigenvalue weighted by molar-refractivity contribution is 6.35. The molecule has 0 aliphatic heterocycles. The molecule has 0 spiro atoms. The molecule has 2 aromatic rings. The van der Waals surface area contributed by atoms with Crippen LogP contribution in [0.5, 0.6) is 0 Å². The van der Waals surface area contributed by atoms with Crippen molar-refractivity contribution in [2.45, 2.75) is 26.3 Å². The molecule has 0 bridgehead atoms. The zero-order chi connectivity index (χ0) is 15.1. The van der Waals surface area contributed by atoms with E-state index in [0.29, 0.717) is 37.7 Å². The maximum atomic E-state index is 11.8. The van der Waals surface area contributed by atoms with Gasteiger partial charge in [0.1, 0.15) is 0 Å². The first-order chi connectivity index (χ1) is 10.2. The average molecular weight is 310 g/mol. The summed E-state index contributed by atoms with van der Waals surface area (Å²) in [4.78, 5) is 11.8. The largest absolute Gasteiger partial charge is 0.382 e. The Morgan fingerprint density at radius 3 is 3.14 bits per heavy atom. The van der Waals surface area contributed by atoms with Crippen LogP contribution >= 0.6 is 11.6 Å². The number of benzene rings is 1. The smallest absolute Gasteiger partial charge is 0.221 e. The number of nitrogens with zero attached hydrogens (tertiary/aromatic N) is 2. The summed E-state index contributed by atoms with van der Waals surface area (Å²) in [5.41, 5.74) is 0.951. The predicted molar refractivity (Wildman–Crippen MR) is 83.5 cm³/mol. The van der Waals surface area contributed by atoms with Crippen LogP contribution in [0, 0.1) is 0 Å². The molecule has 1 amide bonds. The van der Waals surface area contributed by atoms with Gasteiger partial charge in [-0.3, -0.25) is 9.48 Å². The van der Waals surface area contributed by atoms with E-state index in [2.05, 4.69) is 10.4 Å². The average Bonchev–Trinajstić information content (AvgIpc) is 2.89. The lowest BCUT2D eigenvalue weighted by molar-refractivity contribution is -0.121. The van der Waals surface area contributed by atoms with Crippen molar-refractivity contribution in [1.29, 1.82) is 0 Å². The summed E-state index contributed by atoms with van der Waals surface area (Å²) in [6, 6.07) is 5.67. The molecule has 0 unspecified atom stereocenters. The zero-order valence-electron chi connectivity index (χ0n) is 12.1. The first-order valence-corrected chi connectivity index (χ1v) is 7.54. The molecule has 1 N–H and O–H groups in total. The Morgan fingerprint density at radius 2 is 2.33 bits per heavy atom. The lowest BCUT2D eigenvalue weighted by atomic mass is 10.2. The highest BCUT2D eigenvalue weighted by Gasteiger charge is 2.07. The molecule has 0 aliphatic carbocycles. The first kappa shape index (κ1) is 15.8. The molecular formula is C15H20ClN3O2. The standard InChI is InChI=1S/C15H20ClN3O2/c1-2-21-10-4-8-17-15(20)7-9-19-14-6-3-5-13(16)12(14)11-18-19/h3,5-6,11H,2,4,7-10H2,1H3,(H,17,20). The van der Waals surface area contributed by atoms with Gasteiger partial charge in [0.25, 0.3) is 0 Å². The van der Waals surface area contributed by atoms with Crippen LogP contribution in [0.4, 0.5) is 0 Å². The van der Waals surface area contributed by atoms with Crippen LogP contribution in [0.15, 0.2) is 24.4 Å². The molecule has 1 aromatic carbocycles. The van der Waals surface area contributed by atoms with Crippen molar-refractivity contribution in [3.63, 3.8) is 0 Å². The fourth-order valence-corrected chi connectivity index (χ4v) is 2.31. The van der Waals surface area contributed by atoms with Crippen molar-refractivity contribution >= 4 is 28.4 Å². The maximum Gasteiger partial charge on any atom is 0.221 e. The summed E-state index contributed by atoms with van der Waals surface area (Å²) in [5, 5.41) is 8.75. The van der Waals surface area contributed by atoms with Gasteiger partial charge in [0.05, 0.1) is 23.3 Å². The Morgan fingerprint density at radius 1 is 1.48 bits per heavy atom. The normalized spacial score (nSPS) is 11.0. The monoisotopic (exact) mass is 309 g/mol. The fraction of sp³-hybridized carbons (Fsp3) is 0.467. The number of ether oxygens (including phenoxy) is 1. The Bertz CT molecular complexity index is 598. The van der Waals surface area contributed by atoms with E-state index in [1.54, 1.807) is 10.9 Å². The van der Waals surface area contributed by atoms with E-state index in [1.165, 1.54) is 0 Å². The van der Waals surface area contributed by atoms with Crippen molar-refractivity contribution in [2.24, 2.45) is 0 Å². The number of hydrogen-bond acceptors (Lipinski definition) is 3. The molecule has 1 heterocycles. The van der Waals surface area contributed by atoms with Crippen LogP contribution in [0.25, 0.3) is 10.9 Å². The van der Waals surface area contributed by atoms with E-state index in [1.807, 2.05) is 25.1 Å². The molecular weight excluding hydrogens is 290 g/mol. The molecule has 0 atom stereocenters. The highest BCUT2D eigenvalue weighted by atomic mass is 35.5. The first-order valence-electron chi connectivity index (χ1n) is 7.17. The minimum absolute atomic E-state index is 0.0252. The Kier molecular flexibility index (Phi) is 6.02. The summed E-state index contributed by atoms with van der Waals surface area (Å²) in [6.45, 7) is 4.53. The van der Waals surface area contributed by atoms with E-state index in [0.717, 1.165) is 17.3 Å². The van der Waals surface area contributed by atoms with Crippen LogP contribution in [0.2, 0.25) is 5.02 Å². The fourth-order valence-electron chi connectivity index (χ4n) is 2.09. The highest BCUT2D eigenvalue weighted by Crippen LogP contribution is 2.22. The predicted octanol–water partition coefficient (Wildman–Crippen LogP) is 2.62. The van der Waals surface area contributed by atoms with Gasteiger partial charge in [0, 0.05) is 31.6 Å². The second kappa shape index (κ2) is 8.00. The number of nitrogens with one attached hydrogen (secondary N) is 1. The summed E-state index contributed by atoms with van der Waals surface area (Å²) in [6.07, 6.45) is 2.97. The lowest BCUT2D eigenvalue weighted by Gasteiger charge is -2.06. The van der Waals surface area contributed by atoms with Crippen molar-refractivity contribution in [3.05, 3.63) is 29.4 Å². The second-order valence-electron chi connectivity index (χ2n) is 4.69. The van der Waals surface area contributed by atoms with Gasteiger partial charge in [-0.05, 0) is 25.5 Å². The van der Waals surface area contributed by atoms with Crippen molar-refractivity contribution < 1.29 is 9.53 Å². The van der Waals surface area contributed by atoms with E-state index in [-0.39, 0.29) is 5.91 Å². The SMILES string of the molecule is CCOCCCNC(=O)CCn1ncc2c(Cl)cccc21. The third-order valence-corrected chi connectivity index (χ3v) is 3.51. The summed E-state index contributed by atoms with van der Waals surface area (Å²) in [5.74, 6) is 0.0252. The number of rotatable bonds is 8. The van der Waals surface area contributed by atoms with Crippen LogP contribution < -0.4 is 5.32 Å². The number of aryl methyl sites for hydroxylation is 1. The summed E-state index contributed by atoms with van der Waals surface area (Å²) >= 11 is 6.10. The number of amides is 1. The second-order valence-corrected chi connectivity index (χ2v) is 5.10. The minimum Gasteiger partial charge on any atom is -0.382 e. The molecule has 0 saturated heterocycles. The van der Waals surface area contributed by atoms with Crippen LogP contribution in [-0.2, 0) is 16.1 Å². The molecule has 0 fully saturated rings. The number of carbonyl (C=O) groups is 1. The van der Waals surface area contributed by atoms with Crippen LogP contribution in [0.1, 0.15) is 19.8 Å². The maximum absolute atomic E-state index is 11.8. The van der Waals surface area contributed by atoms with Crippen LogP contribution in [-0.4, -0.2) is 35.4 Å². The number of halogens is 1. The quantitative estimate of drug-likeness (QED) is 0.763. The Labute approximate surface area is 129 Å². The van der Waals surface area contributed by atoms with Crippen molar-refractivity contribution in [1.82, 2.24) is 15.1 Å². The minimum atomic E-state index is 0.0252. The molecule has 0 aliphatic rings. The summed E-state index contributed by atoms with van der Waals surface area (Å²) in [7, 11) is 0. The van der Waals surface area contributed by atoms with Gasteiger partial charge < -0.3 is 10.1 Å². The van der Waals surface area contributed by atoms with Crippen molar-refractivity contribution in [2.75, 3.05) is 19.8 Å². The molecule has 0 radical (unpaired) electrons. The van der Waals surface area contributed by atoms with Crippen molar-refractivity contribution in [3.8, 4) is 0 Å². The van der Waals surface area contributed by atoms with Gasteiger partial charge in [-0.25, -0.2) is 0 Å². The van der Waals surface area contributed by atoms with E-state index in [4.69, 9.17) is 16.3 Å². The number of carbonyl (C=O) groups excluding carboxylic acids is 1. The molecule has 21 heavy (non-hydrogen) atoms. The van der Waals surface area contributed by atoms with Gasteiger partial charge in [-0.2, -0.15) is 5.10 Å². The third kappa shape index (κ3) is 4.44. The van der Waals surface area contributed by atoms with Gasteiger partial charge in [-0.15, -0.1) is 0 Å². The summed E-state index contributed by atoms with van der Waals surface area (Å²) < 4.78 is 7.02. The van der Waals surface area contributed by atoms with Crippen LogP contribution in [0.3, 0.4) is 0 Å². The van der Waals surface area contributed by atoms with Gasteiger partial charge >= 0.3 is 0 Å². The van der Waals surface area contributed by atoms with Gasteiger partial charge in [0.2, 0.25) is 5.91 Å². The topological polar surface area (TPSA) is 56.1 Å². The molecule has 5 nitrogen and oxygen atoms in total. The van der Waals surface area contributed by atoms with E-state index in [9.17, 15) is 4.79 Å². The molecule has 1 aromatic heterocycles. The van der Waals surface area contributed by atoms with E-state index < -0.39 is 0 Å². The molecule has 6 heteroatoms. The van der Waals surface area contributed by atoms with Gasteiger partial charge in [0.15, 0.2) is 0 Å². The lowest BCUT2D eigenvalue weighted by Crippen LogP contribution is -2.26. The molecule has 114 valence electrons. The molecule has 0 saturated carbocycles.